The molecule has 2 N–H and O–H groups in total. The zero-order valence-corrected chi connectivity index (χ0v) is 15.2. The Morgan fingerprint density at radius 3 is 2.04 bits per heavy atom. The number of carboxylic acid groups (broad SMARTS) is 1. The molecule has 0 aromatic carbocycles. The molecular weight excluding hydrogens is 288 g/mol. The predicted octanol–water partition coefficient (Wildman–Crippen LogP) is 5.19. The van der Waals surface area contributed by atoms with Crippen LogP contribution in [0.4, 0.5) is 0 Å². The van der Waals surface area contributed by atoms with Crippen molar-refractivity contribution >= 4 is 5.97 Å². The SMILES string of the molecule is CC(C)=CCC(O)C(C)=CCCC(C)=CCCC(C)=CC(=O)O. The molecular formula is C20H32O3. The van der Waals surface area contributed by atoms with Crippen molar-refractivity contribution < 1.29 is 15.0 Å². The molecule has 0 bridgehead atoms. The molecule has 0 aromatic heterocycles. The number of hydrogen-bond acceptors (Lipinski definition) is 2. The van der Waals surface area contributed by atoms with Crippen LogP contribution in [-0.4, -0.2) is 22.3 Å². The lowest BCUT2D eigenvalue weighted by Gasteiger charge is -2.09. The molecule has 0 fully saturated rings. The molecule has 3 heteroatoms. The van der Waals surface area contributed by atoms with Gasteiger partial charge in [-0.2, -0.15) is 0 Å². The van der Waals surface area contributed by atoms with Crippen LogP contribution in [0.5, 0.6) is 0 Å². The number of rotatable bonds is 10. The molecule has 23 heavy (non-hydrogen) atoms. The summed E-state index contributed by atoms with van der Waals surface area (Å²) >= 11 is 0. The quantitative estimate of drug-likeness (QED) is 0.430. The molecule has 0 aliphatic carbocycles. The van der Waals surface area contributed by atoms with E-state index < -0.39 is 12.1 Å². The van der Waals surface area contributed by atoms with Crippen molar-refractivity contribution in [1.82, 2.24) is 0 Å². The van der Waals surface area contributed by atoms with Gasteiger partial charge < -0.3 is 10.2 Å². The van der Waals surface area contributed by atoms with Gasteiger partial charge in [-0.25, -0.2) is 4.79 Å². The predicted molar refractivity (Wildman–Crippen MR) is 97.4 cm³/mol. The van der Waals surface area contributed by atoms with Crippen molar-refractivity contribution in [3.05, 3.63) is 46.6 Å². The average Bonchev–Trinajstić information content (AvgIpc) is 2.43. The number of carbonyl (C=O) groups is 1. The summed E-state index contributed by atoms with van der Waals surface area (Å²) in [6, 6.07) is 0. The second-order valence-electron chi connectivity index (χ2n) is 6.44. The fourth-order valence-corrected chi connectivity index (χ4v) is 2.13. The molecule has 1 atom stereocenters. The molecule has 0 aliphatic rings. The van der Waals surface area contributed by atoms with Crippen LogP contribution in [0.1, 0.15) is 66.7 Å². The normalized spacial score (nSPS) is 14.6. The maximum absolute atomic E-state index is 10.5. The van der Waals surface area contributed by atoms with E-state index in [-0.39, 0.29) is 0 Å². The Morgan fingerprint density at radius 2 is 1.48 bits per heavy atom. The summed E-state index contributed by atoms with van der Waals surface area (Å²) in [5.74, 6) is -0.879. The van der Waals surface area contributed by atoms with Crippen molar-refractivity contribution in [3.8, 4) is 0 Å². The molecule has 0 heterocycles. The van der Waals surface area contributed by atoms with E-state index >= 15 is 0 Å². The summed E-state index contributed by atoms with van der Waals surface area (Å²) in [6.07, 6.45) is 11.4. The van der Waals surface area contributed by atoms with E-state index in [2.05, 4.69) is 25.2 Å². The van der Waals surface area contributed by atoms with Gasteiger partial charge in [0.05, 0.1) is 6.10 Å². The topological polar surface area (TPSA) is 57.5 Å². The van der Waals surface area contributed by atoms with E-state index in [0.717, 1.165) is 36.8 Å². The third-order valence-corrected chi connectivity index (χ3v) is 3.68. The van der Waals surface area contributed by atoms with Gasteiger partial charge >= 0.3 is 5.97 Å². The van der Waals surface area contributed by atoms with Crippen LogP contribution in [-0.2, 0) is 4.79 Å². The first kappa shape index (κ1) is 21.4. The molecule has 0 spiro atoms. The van der Waals surface area contributed by atoms with Crippen LogP contribution < -0.4 is 0 Å². The lowest BCUT2D eigenvalue weighted by Crippen LogP contribution is -2.06. The van der Waals surface area contributed by atoms with Crippen LogP contribution in [0.2, 0.25) is 0 Å². The van der Waals surface area contributed by atoms with Crippen LogP contribution >= 0.6 is 0 Å². The van der Waals surface area contributed by atoms with E-state index in [1.165, 1.54) is 17.2 Å². The minimum Gasteiger partial charge on any atom is -0.478 e. The maximum Gasteiger partial charge on any atom is 0.328 e. The Morgan fingerprint density at radius 1 is 0.913 bits per heavy atom. The summed E-state index contributed by atoms with van der Waals surface area (Å²) in [6.45, 7) is 9.99. The van der Waals surface area contributed by atoms with E-state index in [4.69, 9.17) is 5.11 Å². The molecule has 1 unspecified atom stereocenters. The standard InChI is InChI=1S/C20H32O3/c1-15(2)12-13-19(21)18(5)11-7-9-16(3)8-6-10-17(4)14-20(22)23/h8,11-12,14,19,21H,6-7,9-10,13H2,1-5H3,(H,22,23). The van der Waals surface area contributed by atoms with Gasteiger partial charge in [0.1, 0.15) is 0 Å². The van der Waals surface area contributed by atoms with E-state index in [1.807, 2.05) is 27.7 Å². The molecule has 0 saturated heterocycles. The summed E-state index contributed by atoms with van der Waals surface area (Å²) < 4.78 is 0. The average molecular weight is 320 g/mol. The van der Waals surface area contributed by atoms with Gasteiger partial charge in [0.15, 0.2) is 0 Å². The highest BCUT2D eigenvalue weighted by atomic mass is 16.4. The van der Waals surface area contributed by atoms with Crippen LogP contribution in [0, 0.1) is 0 Å². The molecule has 130 valence electrons. The summed E-state index contributed by atoms with van der Waals surface area (Å²) in [5.41, 5.74) is 4.44. The molecule has 0 amide bonds. The monoisotopic (exact) mass is 320 g/mol. The van der Waals surface area contributed by atoms with E-state index in [1.54, 1.807) is 0 Å². The fraction of sp³-hybridized carbons (Fsp3) is 0.550. The number of hydrogen-bond donors (Lipinski definition) is 2. The number of aliphatic hydroxyl groups excluding tert-OH is 1. The number of aliphatic carboxylic acids is 1. The van der Waals surface area contributed by atoms with Gasteiger partial charge in [0, 0.05) is 6.08 Å². The fourth-order valence-electron chi connectivity index (χ4n) is 2.13. The zero-order chi connectivity index (χ0) is 17.8. The molecule has 0 saturated carbocycles. The van der Waals surface area contributed by atoms with Crippen molar-refractivity contribution in [2.24, 2.45) is 0 Å². The first-order valence-electron chi connectivity index (χ1n) is 8.26. The Balaban J connectivity index is 4.19. The minimum atomic E-state index is -0.879. The summed E-state index contributed by atoms with van der Waals surface area (Å²) in [7, 11) is 0. The molecule has 0 aliphatic heterocycles. The van der Waals surface area contributed by atoms with Crippen LogP contribution in [0.3, 0.4) is 0 Å². The minimum absolute atomic E-state index is 0.391. The van der Waals surface area contributed by atoms with E-state index in [0.29, 0.717) is 6.42 Å². The maximum atomic E-state index is 10.5. The van der Waals surface area contributed by atoms with Crippen LogP contribution in [0.15, 0.2) is 46.6 Å². The number of aliphatic hydroxyl groups is 1. The second kappa shape index (κ2) is 11.9. The van der Waals surface area contributed by atoms with Gasteiger partial charge in [-0.1, -0.05) is 34.9 Å². The highest BCUT2D eigenvalue weighted by Crippen LogP contribution is 2.14. The largest absolute Gasteiger partial charge is 0.478 e. The molecule has 0 aromatic rings. The van der Waals surface area contributed by atoms with Gasteiger partial charge in [-0.3, -0.25) is 0 Å². The summed E-state index contributed by atoms with van der Waals surface area (Å²) in [4.78, 5) is 10.5. The molecule has 0 radical (unpaired) electrons. The second-order valence-corrected chi connectivity index (χ2v) is 6.44. The third-order valence-electron chi connectivity index (χ3n) is 3.68. The Kier molecular flexibility index (Phi) is 11.1. The van der Waals surface area contributed by atoms with E-state index in [9.17, 15) is 9.90 Å². The first-order chi connectivity index (χ1) is 10.7. The highest BCUT2D eigenvalue weighted by Gasteiger charge is 2.03. The Bertz CT molecular complexity index is 489. The zero-order valence-electron chi connectivity index (χ0n) is 15.2. The van der Waals surface area contributed by atoms with Crippen molar-refractivity contribution in [3.63, 3.8) is 0 Å². The third kappa shape index (κ3) is 12.6. The lowest BCUT2D eigenvalue weighted by atomic mass is 10.0. The Hall–Kier alpha value is -1.61. The first-order valence-corrected chi connectivity index (χ1v) is 8.26. The van der Waals surface area contributed by atoms with Gasteiger partial charge in [0.2, 0.25) is 0 Å². The van der Waals surface area contributed by atoms with Gasteiger partial charge in [-0.05, 0) is 72.3 Å². The van der Waals surface area contributed by atoms with Gasteiger partial charge in [-0.15, -0.1) is 0 Å². The van der Waals surface area contributed by atoms with Crippen molar-refractivity contribution in [2.75, 3.05) is 0 Å². The van der Waals surface area contributed by atoms with Crippen molar-refractivity contribution in [1.29, 1.82) is 0 Å². The molecule has 3 nitrogen and oxygen atoms in total. The lowest BCUT2D eigenvalue weighted by molar-refractivity contribution is -0.131. The summed E-state index contributed by atoms with van der Waals surface area (Å²) in [5, 5.41) is 18.7. The van der Waals surface area contributed by atoms with Crippen LogP contribution in [0.25, 0.3) is 0 Å². The smallest absolute Gasteiger partial charge is 0.328 e. The molecule has 0 rings (SSSR count). The highest BCUT2D eigenvalue weighted by molar-refractivity contribution is 5.80. The van der Waals surface area contributed by atoms with Gasteiger partial charge in [0.25, 0.3) is 0 Å². The van der Waals surface area contributed by atoms with Crippen molar-refractivity contribution in [2.45, 2.75) is 72.8 Å². The number of carboxylic acids is 1. The number of allylic oxidation sites excluding steroid dienone is 5. The Labute approximate surface area is 141 Å².